The quantitative estimate of drug-likeness (QED) is 0.694. The van der Waals surface area contributed by atoms with E-state index in [1.165, 1.54) is 4.90 Å². The van der Waals surface area contributed by atoms with Gasteiger partial charge < -0.3 is 20.1 Å². The van der Waals surface area contributed by atoms with Crippen LogP contribution in [0.2, 0.25) is 0 Å². The molecule has 2 bridgehead atoms. The van der Waals surface area contributed by atoms with Gasteiger partial charge in [-0.3, -0.25) is 14.4 Å². The fourth-order valence-electron chi connectivity index (χ4n) is 3.17. The molecular formula is C14H17N5O4. The van der Waals surface area contributed by atoms with Gasteiger partial charge in [-0.2, -0.15) is 4.98 Å². The predicted octanol–water partition coefficient (Wildman–Crippen LogP) is -0.947. The summed E-state index contributed by atoms with van der Waals surface area (Å²) in [5.41, 5.74) is 0. The maximum Gasteiger partial charge on any atom is 0.312 e. The van der Waals surface area contributed by atoms with Crippen LogP contribution < -0.4 is 10.6 Å². The Hall–Kier alpha value is -2.45. The van der Waals surface area contributed by atoms with Crippen LogP contribution >= 0.6 is 0 Å². The Morgan fingerprint density at radius 3 is 2.91 bits per heavy atom. The Kier molecular flexibility index (Phi) is 3.28. The van der Waals surface area contributed by atoms with Crippen LogP contribution in [0.25, 0.3) is 0 Å². The minimum Gasteiger partial charge on any atom is -0.352 e. The summed E-state index contributed by atoms with van der Waals surface area (Å²) in [7, 11) is 0. The number of hydrogen-bond acceptors (Lipinski definition) is 6. The van der Waals surface area contributed by atoms with E-state index in [1.807, 2.05) is 0 Å². The van der Waals surface area contributed by atoms with Crippen molar-refractivity contribution < 1.29 is 18.9 Å². The molecule has 9 nitrogen and oxygen atoms in total. The van der Waals surface area contributed by atoms with E-state index in [9.17, 15) is 14.4 Å². The van der Waals surface area contributed by atoms with Gasteiger partial charge in [-0.1, -0.05) is 5.16 Å². The highest BCUT2D eigenvalue weighted by Crippen LogP contribution is 2.38. The molecule has 0 spiro atoms. The molecule has 1 aliphatic carbocycles. The lowest BCUT2D eigenvalue weighted by molar-refractivity contribution is -0.151. The Bertz CT molecular complexity index is 668. The predicted molar refractivity (Wildman–Crippen MR) is 74.8 cm³/mol. The normalized spacial score (nSPS) is 26.1. The van der Waals surface area contributed by atoms with Gasteiger partial charge in [0.2, 0.25) is 11.8 Å². The Morgan fingerprint density at radius 2 is 2.13 bits per heavy atom. The van der Waals surface area contributed by atoms with Gasteiger partial charge in [0.05, 0.1) is 12.6 Å². The second kappa shape index (κ2) is 5.32. The average Bonchev–Trinajstić information content (AvgIpc) is 3.20. The third kappa shape index (κ3) is 2.55. The summed E-state index contributed by atoms with van der Waals surface area (Å²) in [5, 5.41) is 9.04. The van der Waals surface area contributed by atoms with Crippen molar-refractivity contribution in [1.82, 2.24) is 25.7 Å². The molecule has 9 heteroatoms. The number of nitrogens with zero attached hydrogens (tertiary/aromatic N) is 3. The molecule has 3 aliphatic rings. The van der Waals surface area contributed by atoms with Gasteiger partial charge in [0.15, 0.2) is 5.82 Å². The van der Waals surface area contributed by atoms with Crippen LogP contribution in [0.15, 0.2) is 4.52 Å². The van der Waals surface area contributed by atoms with Gasteiger partial charge in [0.25, 0.3) is 0 Å². The molecule has 0 aromatic carbocycles. The summed E-state index contributed by atoms with van der Waals surface area (Å²) in [4.78, 5) is 41.8. The van der Waals surface area contributed by atoms with E-state index < -0.39 is 17.9 Å². The van der Waals surface area contributed by atoms with Gasteiger partial charge in [-0.25, -0.2) is 0 Å². The van der Waals surface area contributed by atoms with Crippen molar-refractivity contribution >= 4 is 17.7 Å². The number of rotatable bonds is 3. The molecule has 0 radical (unpaired) electrons. The third-order valence-corrected chi connectivity index (χ3v) is 4.56. The summed E-state index contributed by atoms with van der Waals surface area (Å²) in [6, 6.07) is -0.624. The molecule has 4 rings (SSSR count). The molecule has 3 amide bonds. The Balaban J connectivity index is 1.36. The van der Waals surface area contributed by atoms with Crippen molar-refractivity contribution in [3.8, 4) is 0 Å². The summed E-state index contributed by atoms with van der Waals surface area (Å²) in [5.74, 6) is -0.311. The van der Waals surface area contributed by atoms with Crippen LogP contribution in [0.3, 0.4) is 0 Å². The van der Waals surface area contributed by atoms with Gasteiger partial charge >= 0.3 is 11.8 Å². The minimum atomic E-state index is -0.741. The Morgan fingerprint density at radius 1 is 1.30 bits per heavy atom. The van der Waals surface area contributed by atoms with Crippen molar-refractivity contribution in [3.63, 3.8) is 0 Å². The van der Waals surface area contributed by atoms with Crippen molar-refractivity contribution in [1.29, 1.82) is 0 Å². The molecule has 23 heavy (non-hydrogen) atoms. The largest absolute Gasteiger partial charge is 0.352 e. The fourth-order valence-corrected chi connectivity index (χ4v) is 3.17. The molecule has 3 fully saturated rings. The van der Waals surface area contributed by atoms with Crippen LogP contribution in [0.5, 0.6) is 0 Å². The molecule has 2 N–H and O–H groups in total. The van der Waals surface area contributed by atoms with E-state index in [-0.39, 0.29) is 18.5 Å². The first-order valence-corrected chi connectivity index (χ1v) is 7.84. The molecule has 122 valence electrons. The third-order valence-electron chi connectivity index (χ3n) is 4.56. The highest BCUT2D eigenvalue weighted by molar-refractivity contribution is 6.35. The topological polar surface area (TPSA) is 117 Å². The molecule has 1 saturated carbocycles. The first kappa shape index (κ1) is 14.2. The smallest absolute Gasteiger partial charge is 0.312 e. The number of nitrogens with one attached hydrogen (secondary N) is 2. The molecule has 2 saturated heterocycles. The van der Waals surface area contributed by atoms with E-state index in [4.69, 9.17) is 4.52 Å². The number of fused-ring (bicyclic) bond motifs is 2. The number of carbonyl (C=O) groups is 3. The van der Waals surface area contributed by atoms with Gasteiger partial charge in [-0.15, -0.1) is 0 Å². The number of hydrogen-bond donors (Lipinski definition) is 2. The van der Waals surface area contributed by atoms with Gasteiger partial charge in [0.1, 0.15) is 6.04 Å². The maximum atomic E-state index is 12.3. The summed E-state index contributed by atoms with van der Waals surface area (Å²) >= 11 is 0. The second-order valence-electron chi connectivity index (χ2n) is 6.21. The summed E-state index contributed by atoms with van der Waals surface area (Å²) < 4.78 is 5.10. The van der Waals surface area contributed by atoms with E-state index in [0.29, 0.717) is 30.6 Å². The number of carbonyl (C=O) groups excluding carboxylic acids is 3. The van der Waals surface area contributed by atoms with Crippen LogP contribution in [0.4, 0.5) is 0 Å². The molecular weight excluding hydrogens is 302 g/mol. The maximum absolute atomic E-state index is 12.3. The van der Waals surface area contributed by atoms with E-state index in [1.54, 1.807) is 0 Å². The number of piperazine rings is 1. The van der Waals surface area contributed by atoms with E-state index in [0.717, 1.165) is 19.3 Å². The first-order valence-electron chi connectivity index (χ1n) is 7.84. The van der Waals surface area contributed by atoms with Gasteiger partial charge in [-0.05, 0) is 25.7 Å². The van der Waals surface area contributed by atoms with Crippen LogP contribution in [0.1, 0.15) is 43.3 Å². The molecule has 3 heterocycles. The van der Waals surface area contributed by atoms with Gasteiger partial charge in [0, 0.05) is 12.5 Å². The average molecular weight is 319 g/mol. The molecule has 1 aromatic heterocycles. The zero-order chi connectivity index (χ0) is 16.0. The van der Waals surface area contributed by atoms with E-state index in [2.05, 4.69) is 20.8 Å². The Labute approximate surface area is 131 Å². The molecule has 2 aliphatic heterocycles. The number of aromatic nitrogens is 2. The van der Waals surface area contributed by atoms with E-state index >= 15 is 0 Å². The zero-order valence-corrected chi connectivity index (χ0v) is 12.4. The monoisotopic (exact) mass is 319 g/mol. The van der Waals surface area contributed by atoms with Crippen LogP contribution in [0, 0.1) is 0 Å². The highest BCUT2D eigenvalue weighted by Gasteiger charge is 2.46. The lowest BCUT2D eigenvalue weighted by Gasteiger charge is -2.33. The number of amides is 3. The van der Waals surface area contributed by atoms with Crippen molar-refractivity contribution in [2.45, 2.75) is 50.2 Å². The van der Waals surface area contributed by atoms with Crippen LogP contribution in [-0.4, -0.2) is 51.4 Å². The van der Waals surface area contributed by atoms with Crippen molar-refractivity contribution in [2.24, 2.45) is 0 Å². The first-order chi connectivity index (χ1) is 11.1. The SMILES string of the molecule is O=C(NCc1noc(C2CC2)n1)C(=O)N1C2CCC1C(=O)NC2. The highest BCUT2D eigenvalue weighted by atomic mass is 16.5. The minimum absolute atomic E-state index is 0.0379. The van der Waals surface area contributed by atoms with Crippen LogP contribution in [-0.2, 0) is 20.9 Å². The molecule has 2 unspecified atom stereocenters. The lowest BCUT2D eigenvalue weighted by atomic mass is 10.2. The molecule has 1 aromatic rings. The van der Waals surface area contributed by atoms with Crippen molar-refractivity contribution in [2.75, 3.05) is 6.54 Å². The second-order valence-corrected chi connectivity index (χ2v) is 6.21. The lowest BCUT2D eigenvalue weighted by Crippen LogP contribution is -2.60. The van der Waals surface area contributed by atoms with Crippen molar-refractivity contribution in [3.05, 3.63) is 11.7 Å². The summed E-state index contributed by atoms with van der Waals surface area (Å²) in [6.45, 7) is 0.445. The fraction of sp³-hybridized carbons (Fsp3) is 0.643. The standard InChI is InChI=1S/C14H17N5O4/c20-11-9-4-3-8(5-15-11)19(9)14(22)12(21)16-6-10-17-13(23-18-10)7-1-2-7/h7-9H,1-6H2,(H,15,20)(H,16,21). The zero-order valence-electron chi connectivity index (χ0n) is 12.4. The molecule has 2 atom stereocenters. The summed E-state index contributed by atoms with van der Waals surface area (Å²) in [6.07, 6.45) is 3.43.